The number of sulfonamides is 1. The Balaban J connectivity index is 1.65. The Hall–Kier alpha value is -0.620. The number of hydrogen-bond acceptors (Lipinski definition) is 3. The fourth-order valence-electron chi connectivity index (χ4n) is 3.65. The highest BCUT2D eigenvalue weighted by atomic mass is 32.2. The first-order valence-electron chi connectivity index (χ1n) is 8.69. The van der Waals surface area contributed by atoms with Gasteiger partial charge in [0.2, 0.25) is 15.9 Å². The predicted molar refractivity (Wildman–Crippen MR) is 88.0 cm³/mol. The van der Waals surface area contributed by atoms with Crippen LogP contribution in [0.3, 0.4) is 0 Å². The highest BCUT2D eigenvalue weighted by Gasteiger charge is 2.28. The van der Waals surface area contributed by atoms with Gasteiger partial charge in [-0.1, -0.05) is 38.5 Å². The summed E-state index contributed by atoms with van der Waals surface area (Å²) in [6.07, 6.45) is 11.6. The van der Waals surface area contributed by atoms with Gasteiger partial charge in [-0.2, -0.15) is 0 Å². The monoisotopic (exact) mass is 330 g/mol. The molecule has 1 amide bonds. The lowest BCUT2D eigenvalue weighted by Gasteiger charge is -2.29. The van der Waals surface area contributed by atoms with Crippen LogP contribution in [-0.4, -0.2) is 44.5 Å². The van der Waals surface area contributed by atoms with E-state index in [0.717, 1.165) is 18.9 Å². The summed E-state index contributed by atoms with van der Waals surface area (Å²) < 4.78 is 24.4. The molecule has 2 aliphatic rings. The van der Waals surface area contributed by atoms with Crippen LogP contribution >= 0.6 is 0 Å². The van der Waals surface area contributed by atoms with E-state index in [1.165, 1.54) is 49.1 Å². The molecule has 6 heteroatoms. The summed E-state index contributed by atoms with van der Waals surface area (Å²) in [6.45, 7) is 1.72. The van der Waals surface area contributed by atoms with Gasteiger partial charge < -0.3 is 5.32 Å². The third-order valence-electron chi connectivity index (χ3n) is 5.12. The van der Waals surface area contributed by atoms with Crippen molar-refractivity contribution >= 4 is 15.9 Å². The quantitative estimate of drug-likeness (QED) is 0.785. The van der Waals surface area contributed by atoms with Crippen molar-refractivity contribution in [2.45, 2.75) is 57.8 Å². The van der Waals surface area contributed by atoms with Gasteiger partial charge in [-0.3, -0.25) is 4.79 Å². The third kappa shape index (κ3) is 5.54. The molecule has 0 aromatic heterocycles. The van der Waals surface area contributed by atoms with Gasteiger partial charge in [-0.15, -0.1) is 0 Å². The molecule has 1 heterocycles. The molecule has 2 rings (SSSR count). The molecule has 128 valence electrons. The van der Waals surface area contributed by atoms with E-state index in [1.54, 1.807) is 0 Å². The molecule has 2 fully saturated rings. The van der Waals surface area contributed by atoms with Gasteiger partial charge in [-0.05, 0) is 25.2 Å². The molecule has 0 bridgehead atoms. The molecule has 0 aromatic carbocycles. The lowest BCUT2D eigenvalue weighted by atomic mass is 9.95. The smallest absolute Gasteiger partial charge is 0.223 e. The first-order valence-corrected chi connectivity index (χ1v) is 10.5. The molecule has 0 radical (unpaired) electrons. The second-order valence-electron chi connectivity index (χ2n) is 6.87. The normalized spacial score (nSPS) is 23.1. The molecule has 1 aliphatic carbocycles. The molecule has 22 heavy (non-hydrogen) atoms. The van der Waals surface area contributed by atoms with Crippen LogP contribution in [-0.2, 0) is 14.8 Å². The van der Waals surface area contributed by atoms with Crippen LogP contribution < -0.4 is 5.32 Å². The van der Waals surface area contributed by atoms with Crippen LogP contribution in [0, 0.1) is 11.8 Å². The number of nitrogens with one attached hydrogen (secondary N) is 1. The van der Waals surface area contributed by atoms with Crippen molar-refractivity contribution in [3.8, 4) is 0 Å². The van der Waals surface area contributed by atoms with E-state index < -0.39 is 10.0 Å². The van der Waals surface area contributed by atoms with Crippen molar-refractivity contribution in [1.29, 1.82) is 0 Å². The fourth-order valence-corrected chi connectivity index (χ4v) is 4.52. The van der Waals surface area contributed by atoms with E-state index in [4.69, 9.17) is 0 Å². The number of rotatable bonds is 5. The van der Waals surface area contributed by atoms with Crippen LogP contribution in [0.25, 0.3) is 0 Å². The zero-order valence-corrected chi connectivity index (χ0v) is 14.5. The second kappa shape index (κ2) is 8.29. The summed E-state index contributed by atoms with van der Waals surface area (Å²) in [5.41, 5.74) is 0. The Labute approximate surface area is 134 Å². The molecular formula is C16H30N2O3S. The Morgan fingerprint density at radius 2 is 1.64 bits per heavy atom. The summed E-state index contributed by atoms with van der Waals surface area (Å²) in [5.74, 6) is 0.865. The average Bonchev–Trinajstić information content (AvgIpc) is 2.75. The molecule has 1 saturated carbocycles. The molecule has 1 N–H and O–H groups in total. The van der Waals surface area contributed by atoms with Gasteiger partial charge in [0.15, 0.2) is 0 Å². The number of nitrogens with zero attached hydrogens (tertiary/aromatic N) is 1. The summed E-state index contributed by atoms with van der Waals surface area (Å²) in [6, 6.07) is 0. The van der Waals surface area contributed by atoms with Crippen molar-refractivity contribution in [2.24, 2.45) is 11.8 Å². The minimum Gasteiger partial charge on any atom is -0.356 e. The SMILES string of the molecule is CS(=O)(=O)N1CCC(C(=O)NCCC2CCCCCC2)CC1. The van der Waals surface area contributed by atoms with E-state index in [-0.39, 0.29) is 11.8 Å². The summed E-state index contributed by atoms with van der Waals surface area (Å²) in [7, 11) is -3.11. The predicted octanol–water partition coefficient (Wildman–Crippen LogP) is 2.13. The van der Waals surface area contributed by atoms with Gasteiger partial charge in [0.25, 0.3) is 0 Å². The van der Waals surface area contributed by atoms with Gasteiger partial charge >= 0.3 is 0 Å². The van der Waals surface area contributed by atoms with Crippen molar-refractivity contribution in [1.82, 2.24) is 9.62 Å². The van der Waals surface area contributed by atoms with Crippen LogP contribution in [0.4, 0.5) is 0 Å². The molecule has 0 spiro atoms. The lowest BCUT2D eigenvalue weighted by molar-refractivity contribution is -0.126. The number of carbonyl (C=O) groups is 1. The van der Waals surface area contributed by atoms with Crippen LogP contribution in [0.15, 0.2) is 0 Å². The first kappa shape index (κ1) is 17.7. The Morgan fingerprint density at radius 1 is 1.05 bits per heavy atom. The molecule has 1 saturated heterocycles. The van der Waals surface area contributed by atoms with Crippen molar-refractivity contribution < 1.29 is 13.2 Å². The zero-order chi connectivity index (χ0) is 16.0. The van der Waals surface area contributed by atoms with Crippen molar-refractivity contribution in [3.63, 3.8) is 0 Å². The number of hydrogen-bond donors (Lipinski definition) is 1. The Bertz CT molecular complexity index is 448. The summed E-state index contributed by atoms with van der Waals surface area (Å²) in [5, 5.41) is 3.07. The zero-order valence-electron chi connectivity index (χ0n) is 13.7. The minimum atomic E-state index is -3.11. The van der Waals surface area contributed by atoms with E-state index in [0.29, 0.717) is 25.9 Å². The van der Waals surface area contributed by atoms with E-state index in [2.05, 4.69) is 5.32 Å². The summed E-state index contributed by atoms with van der Waals surface area (Å²) >= 11 is 0. The molecule has 1 aliphatic heterocycles. The average molecular weight is 330 g/mol. The Kier molecular flexibility index (Phi) is 6.68. The van der Waals surface area contributed by atoms with E-state index in [1.807, 2.05) is 0 Å². The second-order valence-corrected chi connectivity index (χ2v) is 8.86. The number of amides is 1. The fraction of sp³-hybridized carbons (Fsp3) is 0.938. The summed E-state index contributed by atoms with van der Waals surface area (Å²) in [4.78, 5) is 12.2. The van der Waals surface area contributed by atoms with Gasteiger partial charge in [-0.25, -0.2) is 12.7 Å². The highest BCUT2D eigenvalue weighted by Crippen LogP contribution is 2.25. The van der Waals surface area contributed by atoms with E-state index in [9.17, 15) is 13.2 Å². The Morgan fingerprint density at radius 3 is 2.18 bits per heavy atom. The molecule has 5 nitrogen and oxygen atoms in total. The maximum absolute atomic E-state index is 12.2. The number of carbonyl (C=O) groups excluding carboxylic acids is 1. The maximum atomic E-state index is 12.2. The van der Waals surface area contributed by atoms with Crippen molar-refractivity contribution in [3.05, 3.63) is 0 Å². The van der Waals surface area contributed by atoms with Crippen LogP contribution in [0.2, 0.25) is 0 Å². The molecular weight excluding hydrogens is 300 g/mol. The first-order chi connectivity index (χ1) is 10.5. The lowest BCUT2D eigenvalue weighted by Crippen LogP contribution is -2.42. The number of piperidine rings is 1. The molecule has 0 atom stereocenters. The standard InChI is InChI=1S/C16H30N2O3S/c1-22(20,21)18-12-9-15(10-13-18)16(19)17-11-8-14-6-4-2-3-5-7-14/h14-15H,2-13H2,1H3,(H,17,19). The van der Waals surface area contributed by atoms with Gasteiger partial charge in [0.05, 0.1) is 6.26 Å². The van der Waals surface area contributed by atoms with Crippen LogP contribution in [0.1, 0.15) is 57.8 Å². The minimum absolute atomic E-state index is 0.0212. The maximum Gasteiger partial charge on any atom is 0.223 e. The highest BCUT2D eigenvalue weighted by molar-refractivity contribution is 7.88. The molecule has 0 unspecified atom stereocenters. The van der Waals surface area contributed by atoms with Crippen LogP contribution in [0.5, 0.6) is 0 Å². The topological polar surface area (TPSA) is 66.5 Å². The van der Waals surface area contributed by atoms with Crippen molar-refractivity contribution in [2.75, 3.05) is 25.9 Å². The van der Waals surface area contributed by atoms with E-state index >= 15 is 0 Å². The largest absolute Gasteiger partial charge is 0.356 e. The van der Waals surface area contributed by atoms with Gasteiger partial charge in [0, 0.05) is 25.6 Å². The van der Waals surface area contributed by atoms with Gasteiger partial charge in [0.1, 0.15) is 0 Å². The third-order valence-corrected chi connectivity index (χ3v) is 6.42. The molecule has 0 aromatic rings.